The number of rotatable bonds is 2. The second-order valence-corrected chi connectivity index (χ2v) is 6.45. The van der Waals surface area contributed by atoms with Gasteiger partial charge < -0.3 is 0 Å². The maximum absolute atomic E-state index is 14.1. The predicted molar refractivity (Wildman–Crippen MR) is 90.8 cm³/mol. The van der Waals surface area contributed by atoms with Crippen molar-refractivity contribution in [3.63, 3.8) is 0 Å². The minimum atomic E-state index is -0.366. The van der Waals surface area contributed by atoms with Crippen LogP contribution in [0.3, 0.4) is 0 Å². The van der Waals surface area contributed by atoms with Crippen LogP contribution in [0.2, 0.25) is 0 Å². The van der Waals surface area contributed by atoms with Crippen LogP contribution in [-0.2, 0) is 4.79 Å². The quantitative estimate of drug-likeness (QED) is 0.635. The zero-order valence-corrected chi connectivity index (χ0v) is 12.9. The summed E-state index contributed by atoms with van der Waals surface area (Å²) in [7, 11) is 0. The van der Waals surface area contributed by atoms with Crippen LogP contribution in [0, 0.1) is 5.82 Å². The molecule has 0 amide bonds. The molecule has 1 aliphatic heterocycles. The monoisotopic (exact) mass is 321 g/mol. The Labute approximate surface area is 137 Å². The number of pyridine rings is 1. The number of halogens is 1. The molecular formula is C19H12FNOS. The molecule has 0 unspecified atom stereocenters. The molecule has 2 heterocycles. The molecule has 4 heteroatoms. The van der Waals surface area contributed by atoms with Crippen LogP contribution in [0.5, 0.6) is 0 Å². The summed E-state index contributed by atoms with van der Waals surface area (Å²) < 4.78 is 14.1. The lowest BCUT2D eigenvalue weighted by Gasteiger charge is -2.23. The van der Waals surface area contributed by atoms with E-state index in [0.717, 1.165) is 27.8 Å². The fourth-order valence-electron chi connectivity index (χ4n) is 2.77. The van der Waals surface area contributed by atoms with Crippen LogP contribution in [0.1, 0.15) is 16.4 Å². The van der Waals surface area contributed by atoms with Crippen LogP contribution < -0.4 is 0 Å². The van der Waals surface area contributed by atoms with E-state index in [4.69, 9.17) is 0 Å². The van der Waals surface area contributed by atoms with E-state index in [-0.39, 0.29) is 11.1 Å². The van der Waals surface area contributed by atoms with Gasteiger partial charge in [0, 0.05) is 22.1 Å². The van der Waals surface area contributed by atoms with E-state index in [1.54, 1.807) is 18.2 Å². The second-order valence-electron chi connectivity index (χ2n) is 5.36. The Bertz CT molecular complexity index is 951. The first-order valence-corrected chi connectivity index (χ1v) is 8.12. The number of carbonyl (C=O) groups is 1. The topological polar surface area (TPSA) is 30.0 Å². The Morgan fingerprint density at radius 1 is 1.09 bits per heavy atom. The molecule has 0 fully saturated rings. The third kappa shape index (κ3) is 2.45. The molecule has 112 valence electrons. The number of carbonyl (C=O) groups excluding carboxylic acids is 1. The third-order valence-corrected chi connectivity index (χ3v) is 5.21. The summed E-state index contributed by atoms with van der Waals surface area (Å²) in [4.78, 5) is 16.2. The highest BCUT2D eigenvalue weighted by Crippen LogP contribution is 2.46. The Hall–Kier alpha value is -2.46. The molecule has 1 aromatic heterocycles. The van der Waals surface area contributed by atoms with E-state index in [2.05, 4.69) is 4.98 Å². The fraction of sp³-hybridized carbons (Fsp3) is 0.0526. The van der Waals surface area contributed by atoms with Gasteiger partial charge in [0.05, 0.1) is 10.8 Å². The highest BCUT2D eigenvalue weighted by molar-refractivity contribution is 7.99. The molecule has 23 heavy (non-hydrogen) atoms. The van der Waals surface area contributed by atoms with Gasteiger partial charge in [-0.1, -0.05) is 48.2 Å². The van der Waals surface area contributed by atoms with Gasteiger partial charge in [-0.15, -0.1) is 0 Å². The Kier molecular flexibility index (Phi) is 3.46. The molecule has 0 spiro atoms. The average Bonchev–Trinajstić information content (AvgIpc) is 2.59. The summed E-state index contributed by atoms with van der Waals surface area (Å²) in [5, 5.41) is 1.48. The number of para-hydroxylation sites is 1. The van der Waals surface area contributed by atoms with Gasteiger partial charge in [-0.05, 0) is 24.3 Å². The Morgan fingerprint density at radius 3 is 2.70 bits per heavy atom. The smallest absolute Gasteiger partial charge is 0.147 e. The number of aldehydes is 1. The summed E-state index contributed by atoms with van der Waals surface area (Å²) in [6, 6.07) is 16.4. The van der Waals surface area contributed by atoms with Gasteiger partial charge in [-0.2, -0.15) is 0 Å². The van der Waals surface area contributed by atoms with Crippen molar-refractivity contribution in [1.29, 1.82) is 0 Å². The van der Waals surface area contributed by atoms with Crippen molar-refractivity contribution in [2.24, 2.45) is 0 Å². The number of fused-ring (bicyclic) bond motifs is 2. The number of aromatic nitrogens is 1. The van der Waals surface area contributed by atoms with Gasteiger partial charge >= 0.3 is 0 Å². The van der Waals surface area contributed by atoms with Crippen molar-refractivity contribution < 1.29 is 9.18 Å². The van der Waals surface area contributed by atoms with Gasteiger partial charge in [-0.25, -0.2) is 9.37 Å². The zero-order valence-electron chi connectivity index (χ0n) is 12.1. The molecule has 0 aliphatic carbocycles. The fourth-order valence-corrected chi connectivity index (χ4v) is 3.98. The lowest BCUT2D eigenvalue weighted by Crippen LogP contribution is -2.07. The summed E-state index contributed by atoms with van der Waals surface area (Å²) >= 11 is 1.42. The van der Waals surface area contributed by atoms with Crippen molar-refractivity contribution in [1.82, 2.24) is 4.98 Å². The number of thioether (sulfide) groups is 1. The van der Waals surface area contributed by atoms with Crippen molar-refractivity contribution >= 4 is 35.0 Å². The largest absolute Gasteiger partial charge is 0.298 e. The molecule has 1 aliphatic rings. The molecule has 3 aromatic rings. The molecule has 0 radical (unpaired) electrons. The maximum atomic E-state index is 14.1. The maximum Gasteiger partial charge on any atom is 0.147 e. The normalized spacial score (nSPS) is 16.7. The van der Waals surface area contributed by atoms with E-state index in [1.165, 1.54) is 17.8 Å². The van der Waals surface area contributed by atoms with E-state index < -0.39 is 0 Å². The number of nitrogens with zero attached hydrogens (tertiary/aromatic N) is 1. The predicted octanol–water partition coefficient (Wildman–Crippen LogP) is 4.80. The van der Waals surface area contributed by atoms with Crippen molar-refractivity contribution in [2.75, 3.05) is 0 Å². The summed E-state index contributed by atoms with van der Waals surface area (Å²) in [6.45, 7) is 0. The van der Waals surface area contributed by atoms with Gasteiger partial charge in [0.1, 0.15) is 17.1 Å². The van der Waals surface area contributed by atoms with Crippen LogP contribution in [0.4, 0.5) is 4.39 Å². The molecular weight excluding hydrogens is 309 g/mol. The SMILES string of the molecule is O=CC1=Cc2cc3ccccc3nc2S[C@@H]1c1ccccc1F. The lowest BCUT2D eigenvalue weighted by molar-refractivity contribution is -0.104. The molecule has 2 aromatic carbocycles. The van der Waals surface area contributed by atoms with Crippen molar-refractivity contribution in [3.05, 3.63) is 77.1 Å². The summed E-state index contributed by atoms with van der Waals surface area (Å²) in [5.74, 6) is -0.304. The molecule has 4 rings (SSSR count). The van der Waals surface area contributed by atoms with Crippen molar-refractivity contribution in [3.8, 4) is 0 Å². The standard InChI is InChI=1S/C19H12FNOS/c20-16-7-3-2-6-15(16)18-14(11-22)10-13-9-12-5-1-4-8-17(12)21-19(13)23-18/h1-11,18H/t18-/m0/s1. The first-order chi connectivity index (χ1) is 11.3. The lowest BCUT2D eigenvalue weighted by atomic mass is 10.0. The average molecular weight is 321 g/mol. The van der Waals surface area contributed by atoms with E-state index in [0.29, 0.717) is 11.1 Å². The minimum Gasteiger partial charge on any atom is -0.298 e. The van der Waals surface area contributed by atoms with Gasteiger partial charge in [0.15, 0.2) is 0 Å². The van der Waals surface area contributed by atoms with Crippen LogP contribution in [0.15, 0.2) is 65.2 Å². The summed E-state index contributed by atoms with van der Waals surface area (Å²) in [6.07, 6.45) is 2.62. The number of benzene rings is 2. The first kappa shape index (κ1) is 14.2. The molecule has 0 bridgehead atoms. The third-order valence-electron chi connectivity index (χ3n) is 3.89. The van der Waals surface area contributed by atoms with E-state index >= 15 is 0 Å². The van der Waals surface area contributed by atoms with Crippen LogP contribution >= 0.6 is 11.8 Å². The van der Waals surface area contributed by atoms with Crippen molar-refractivity contribution in [2.45, 2.75) is 10.3 Å². The summed E-state index contributed by atoms with van der Waals surface area (Å²) in [5.41, 5.74) is 2.87. The molecule has 0 saturated carbocycles. The highest BCUT2D eigenvalue weighted by atomic mass is 32.2. The zero-order chi connectivity index (χ0) is 15.8. The van der Waals surface area contributed by atoms with Gasteiger partial charge in [0.25, 0.3) is 0 Å². The first-order valence-electron chi connectivity index (χ1n) is 7.24. The van der Waals surface area contributed by atoms with E-state index in [9.17, 15) is 9.18 Å². The number of hydrogen-bond donors (Lipinski definition) is 0. The molecule has 2 nitrogen and oxygen atoms in total. The molecule has 1 atom stereocenters. The number of hydrogen-bond acceptors (Lipinski definition) is 3. The molecule has 0 saturated heterocycles. The Balaban J connectivity index is 1.88. The van der Waals surface area contributed by atoms with Crippen LogP contribution in [-0.4, -0.2) is 11.3 Å². The minimum absolute atomic E-state index is 0.304. The van der Waals surface area contributed by atoms with Gasteiger partial charge in [0.2, 0.25) is 0 Å². The molecule has 0 N–H and O–H groups in total. The van der Waals surface area contributed by atoms with Crippen LogP contribution in [0.25, 0.3) is 17.0 Å². The van der Waals surface area contributed by atoms with Gasteiger partial charge in [-0.3, -0.25) is 4.79 Å². The van der Waals surface area contributed by atoms with E-state index in [1.807, 2.05) is 36.4 Å². The highest BCUT2D eigenvalue weighted by Gasteiger charge is 2.27. The Morgan fingerprint density at radius 2 is 1.87 bits per heavy atom. The second kappa shape index (κ2) is 5.63.